The predicted molar refractivity (Wildman–Crippen MR) is 95.5 cm³/mol. The SMILES string of the molecule is N#CCCN(C(=O)COC(=O)/C=C/c1ccccc1)c1ccccc1. The van der Waals surface area contributed by atoms with Crippen molar-refractivity contribution < 1.29 is 14.3 Å². The van der Waals surface area contributed by atoms with Crippen molar-refractivity contribution in [1.82, 2.24) is 0 Å². The molecule has 0 radical (unpaired) electrons. The van der Waals surface area contributed by atoms with E-state index in [9.17, 15) is 9.59 Å². The fourth-order valence-corrected chi connectivity index (χ4v) is 2.15. The molecule has 0 aliphatic heterocycles. The van der Waals surface area contributed by atoms with Gasteiger partial charge in [0.25, 0.3) is 5.91 Å². The first-order valence-electron chi connectivity index (χ1n) is 7.83. The molecule has 0 unspecified atom stereocenters. The van der Waals surface area contributed by atoms with E-state index in [2.05, 4.69) is 0 Å². The van der Waals surface area contributed by atoms with Gasteiger partial charge >= 0.3 is 5.97 Å². The van der Waals surface area contributed by atoms with E-state index in [1.54, 1.807) is 30.3 Å². The highest BCUT2D eigenvalue weighted by Crippen LogP contribution is 2.14. The van der Waals surface area contributed by atoms with Gasteiger partial charge < -0.3 is 9.64 Å². The summed E-state index contributed by atoms with van der Waals surface area (Å²) in [4.78, 5) is 25.5. The van der Waals surface area contributed by atoms with Crippen molar-refractivity contribution in [2.24, 2.45) is 0 Å². The Morgan fingerprint density at radius 3 is 2.32 bits per heavy atom. The molecular weight excluding hydrogens is 316 g/mol. The standard InChI is InChI=1S/C20H18N2O3/c21-14-7-15-22(18-10-5-2-6-11-18)19(23)16-25-20(24)13-12-17-8-3-1-4-9-17/h1-6,8-13H,7,15-16H2/b13-12+. The molecule has 0 bridgehead atoms. The summed E-state index contributed by atoms with van der Waals surface area (Å²) < 4.78 is 5.01. The highest BCUT2D eigenvalue weighted by molar-refractivity contribution is 5.96. The van der Waals surface area contributed by atoms with Crippen molar-refractivity contribution in [2.45, 2.75) is 6.42 Å². The normalized spacial score (nSPS) is 10.2. The summed E-state index contributed by atoms with van der Waals surface area (Å²) in [5.41, 5.74) is 1.53. The number of anilines is 1. The third kappa shape index (κ3) is 5.96. The second-order valence-electron chi connectivity index (χ2n) is 5.14. The van der Waals surface area contributed by atoms with Crippen molar-refractivity contribution in [2.75, 3.05) is 18.1 Å². The van der Waals surface area contributed by atoms with E-state index in [0.717, 1.165) is 5.56 Å². The van der Waals surface area contributed by atoms with E-state index in [0.29, 0.717) is 5.69 Å². The van der Waals surface area contributed by atoms with Crippen molar-refractivity contribution in [3.63, 3.8) is 0 Å². The van der Waals surface area contributed by atoms with Gasteiger partial charge in [-0.1, -0.05) is 48.5 Å². The third-order valence-corrected chi connectivity index (χ3v) is 3.37. The van der Waals surface area contributed by atoms with Gasteiger partial charge in [0.05, 0.1) is 12.5 Å². The zero-order valence-corrected chi connectivity index (χ0v) is 13.7. The van der Waals surface area contributed by atoms with Crippen molar-refractivity contribution in [3.8, 4) is 6.07 Å². The molecule has 2 aromatic carbocycles. The molecule has 0 aromatic heterocycles. The van der Waals surface area contributed by atoms with Gasteiger partial charge in [-0.3, -0.25) is 4.79 Å². The van der Waals surface area contributed by atoms with Gasteiger partial charge in [0.15, 0.2) is 6.61 Å². The molecule has 126 valence electrons. The Labute approximate surface area is 146 Å². The minimum atomic E-state index is -0.592. The first-order valence-corrected chi connectivity index (χ1v) is 7.83. The quantitative estimate of drug-likeness (QED) is 0.576. The fraction of sp³-hybridized carbons (Fsp3) is 0.150. The molecule has 0 saturated heterocycles. The molecule has 5 nitrogen and oxygen atoms in total. The maximum Gasteiger partial charge on any atom is 0.331 e. The molecule has 0 aliphatic rings. The summed E-state index contributed by atoms with van der Waals surface area (Å²) in [5, 5.41) is 8.76. The van der Waals surface area contributed by atoms with Gasteiger partial charge in [0.1, 0.15) is 0 Å². The summed E-state index contributed by atoms with van der Waals surface area (Å²) in [5.74, 6) is -0.964. The second kappa shape index (κ2) is 9.68. The number of amides is 1. The Hall–Kier alpha value is -3.39. The number of ether oxygens (including phenoxy) is 1. The summed E-state index contributed by atoms with van der Waals surface area (Å²) in [6.45, 7) is -0.130. The molecule has 2 rings (SSSR count). The van der Waals surface area contributed by atoms with Crippen LogP contribution in [0.2, 0.25) is 0 Å². The van der Waals surface area contributed by atoms with E-state index in [1.165, 1.54) is 11.0 Å². The monoisotopic (exact) mass is 334 g/mol. The average molecular weight is 334 g/mol. The highest BCUT2D eigenvalue weighted by atomic mass is 16.5. The Morgan fingerprint density at radius 1 is 1.04 bits per heavy atom. The van der Waals surface area contributed by atoms with Crippen molar-refractivity contribution in [1.29, 1.82) is 5.26 Å². The smallest absolute Gasteiger partial charge is 0.331 e. The topological polar surface area (TPSA) is 70.4 Å². The van der Waals surface area contributed by atoms with Gasteiger partial charge in [-0.05, 0) is 23.8 Å². The summed E-state index contributed by atoms with van der Waals surface area (Å²) >= 11 is 0. The van der Waals surface area contributed by atoms with Crippen molar-refractivity contribution >= 4 is 23.6 Å². The Kier molecular flexibility index (Phi) is 6.95. The van der Waals surface area contributed by atoms with Gasteiger partial charge in [-0.15, -0.1) is 0 Å². The molecule has 0 fully saturated rings. The van der Waals surface area contributed by atoms with Crippen LogP contribution in [-0.4, -0.2) is 25.0 Å². The van der Waals surface area contributed by atoms with Gasteiger partial charge in [-0.2, -0.15) is 5.26 Å². The maximum absolute atomic E-state index is 12.3. The number of para-hydroxylation sites is 1. The zero-order valence-electron chi connectivity index (χ0n) is 13.7. The molecule has 0 saturated carbocycles. The van der Waals surface area contributed by atoms with Crippen LogP contribution in [0.4, 0.5) is 5.69 Å². The number of nitriles is 1. The maximum atomic E-state index is 12.3. The Balaban J connectivity index is 1.93. The van der Waals surface area contributed by atoms with Gasteiger partial charge in [0, 0.05) is 18.3 Å². The molecule has 0 aliphatic carbocycles. The number of carbonyl (C=O) groups is 2. The lowest BCUT2D eigenvalue weighted by molar-refractivity contribution is -0.142. The van der Waals surface area contributed by atoms with Crippen LogP contribution in [0, 0.1) is 11.3 Å². The van der Waals surface area contributed by atoms with Crippen LogP contribution in [0.15, 0.2) is 66.7 Å². The molecule has 0 atom stereocenters. The first-order chi connectivity index (χ1) is 12.2. The minimum absolute atomic E-state index is 0.197. The second-order valence-corrected chi connectivity index (χ2v) is 5.14. The largest absolute Gasteiger partial charge is 0.452 e. The van der Waals surface area contributed by atoms with E-state index in [4.69, 9.17) is 10.00 Å². The molecule has 0 N–H and O–H groups in total. The number of hydrogen-bond acceptors (Lipinski definition) is 4. The van der Waals surface area contributed by atoms with Crippen molar-refractivity contribution in [3.05, 3.63) is 72.3 Å². The fourth-order valence-electron chi connectivity index (χ4n) is 2.15. The number of rotatable bonds is 7. The number of hydrogen-bond donors (Lipinski definition) is 0. The molecule has 5 heteroatoms. The number of benzene rings is 2. The van der Waals surface area contributed by atoms with E-state index >= 15 is 0 Å². The van der Waals surface area contributed by atoms with Crippen LogP contribution in [0.5, 0.6) is 0 Å². The Morgan fingerprint density at radius 2 is 1.68 bits per heavy atom. The zero-order chi connectivity index (χ0) is 17.9. The lowest BCUT2D eigenvalue weighted by Gasteiger charge is -2.21. The molecule has 25 heavy (non-hydrogen) atoms. The number of nitrogens with zero attached hydrogens (tertiary/aromatic N) is 2. The predicted octanol–water partition coefficient (Wildman–Crippen LogP) is 3.19. The number of esters is 1. The van der Waals surface area contributed by atoms with E-state index in [1.807, 2.05) is 42.5 Å². The first kappa shape index (κ1) is 18.0. The van der Waals surface area contributed by atoms with E-state index < -0.39 is 5.97 Å². The number of carbonyl (C=O) groups excluding carboxylic acids is 2. The third-order valence-electron chi connectivity index (χ3n) is 3.37. The molecule has 2 aromatic rings. The molecule has 0 heterocycles. The average Bonchev–Trinajstić information content (AvgIpc) is 2.66. The van der Waals surface area contributed by atoms with Crippen LogP contribution >= 0.6 is 0 Å². The lowest BCUT2D eigenvalue weighted by atomic mass is 10.2. The summed E-state index contributed by atoms with van der Waals surface area (Å²) in [7, 11) is 0. The van der Waals surface area contributed by atoms with Crippen LogP contribution in [0.25, 0.3) is 6.08 Å². The minimum Gasteiger partial charge on any atom is -0.452 e. The van der Waals surface area contributed by atoms with Gasteiger partial charge in [0.2, 0.25) is 0 Å². The summed E-state index contributed by atoms with van der Waals surface area (Å²) in [6.07, 6.45) is 3.10. The van der Waals surface area contributed by atoms with Crippen LogP contribution in [0.3, 0.4) is 0 Å². The van der Waals surface area contributed by atoms with Crippen LogP contribution < -0.4 is 4.90 Å². The Bertz CT molecular complexity index is 765. The molecule has 1 amide bonds. The van der Waals surface area contributed by atoms with Crippen LogP contribution in [-0.2, 0) is 14.3 Å². The lowest BCUT2D eigenvalue weighted by Crippen LogP contribution is -2.35. The molecule has 0 spiro atoms. The highest BCUT2D eigenvalue weighted by Gasteiger charge is 2.16. The molecular formula is C20H18N2O3. The summed E-state index contributed by atoms with van der Waals surface area (Å²) in [6, 6.07) is 20.3. The van der Waals surface area contributed by atoms with Gasteiger partial charge in [-0.25, -0.2) is 4.79 Å². The van der Waals surface area contributed by atoms with E-state index in [-0.39, 0.29) is 25.5 Å². The van der Waals surface area contributed by atoms with Crippen LogP contribution in [0.1, 0.15) is 12.0 Å².